The number of allylic oxidation sites excluding steroid dienone is 2. The number of carbonyl (C=O) groups excluding carboxylic acids is 2. The third-order valence-electron chi connectivity index (χ3n) is 3.50. The second-order valence-corrected chi connectivity index (χ2v) is 5.42. The Morgan fingerprint density at radius 2 is 2.10 bits per heavy atom. The van der Waals surface area contributed by atoms with Gasteiger partial charge in [-0.05, 0) is 37.0 Å². The molecule has 112 valence electrons. The van der Waals surface area contributed by atoms with E-state index in [2.05, 4.69) is 23.0 Å². The van der Waals surface area contributed by atoms with Gasteiger partial charge in [0.15, 0.2) is 0 Å². The lowest BCUT2D eigenvalue weighted by atomic mass is 10.1. The fourth-order valence-corrected chi connectivity index (χ4v) is 2.28. The lowest BCUT2D eigenvalue weighted by Crippen LogP contribution is -2.42. The summed E-state index contributed by atoms with van der Waals surface area (Å²) in [5, 5.41) is 0. The smallest absolute Gasteiger partial charge is 0.269 e. The minimum absolute atomic E-state index is 0.163. The molecule has 0 aromatic heterocycles. The molecule has 21 heavy (non-hydrogen) atoms. The van der Waals surface area contributed by atoms with Crippen molar-refractivity contribution in [3.63, 3.8) is 0 Å². The van der Waals surface area contributed by atoms with E-state index in [1.807, 2.05) is 31.1 Å². The molecular formula is C16H21N3O2. The lowest BCUT2D eigenvalue weighted by molar-refractivity contribution is -0.122. The van der Waals surface area contributed by atoms with Crippen LogP contribution >= 0.6 is 0 Å². The highest BCUT2D eigenvalue weighted by atomic mass is 16.2. The van der Waals surface area contributed by atoms with Gasteiger partial charge in [-0.25, -0.2) is 0 Å². The van der Waals surface area contributed by atoms with Crippen LogP contribution in [0.4, 0.5) is 5.69 Å². The maximum atomic E-state index is 12.0. The molecule has 0 heterocycles. The van der Waals surface area contributed by atoms with Crippen molar-refractivity contribution in [2.75, 3.05) is 19.0 Å². The molecule has 1 aliphatic carbocycles. The van der Waals surface area contributed by atoms with E-state index in [0.29, 0.717) is 17.9 Å². The largest absolute Gasteiger partial charge is 0.378 e. The highest BCUT2D eigenvalue weighted by Crippen LogP contribution is 2.19. The van der Waals surface area contributed by atoms with Gasteiger partial charge in [0.05, 0.1) is 0 Å². The Labute approximate surface area is 125 Å². The third-order valence-corrected chi connectivity index (χ3v) is 3.50. The fraction of sp³-hybridized carbons (Fsp3) is 0.375. The van der Waals surface area contributed by atoms with Gasteiger partial charge in [0.2, 0.25) is 5.91 Å². The molecule has 1 aromatic rings. The number of carbonyl (C=O) groups is 2. The number of hydrazine groups is 1. The Bertz CT molecular complexity index is 552. The summed E-state index contributed by atoms with van der Waals surface area (Å²) >= 11 is 0. The molecule has 0 aliphatic heterocycles. The minimum atomic E-state index is -0.311. The summed E-state index contributed by atoms with van der Waals surface area (Å²) in [7, 11) is 3.82. The number of hydrogen-bond donors (Lipinski definition) is 2. The molecule has 1 atom stereocenters. The van der Waals surface area contributed by atoms with Crippen LogP contribution in [0.5, 0.6) is 0 Å². The number of nitrogens with zero attached hydrogens (tertiary/aromatic N) is 1. The summed E-state index contributed by atoms with van der Waals surface area (Å²) in [4.78, 5) is 25.7. The fourth-order valence-electron chi connectivity index (χ4n) is 2.28. The quantitative estimate of drug-likeness (QED) is 0.656. The minimum Gasteiger partial charge on any atom is -0.378 e. The molecule has 0 unspecified atom stereocenters. The summed E-state index contributed by atoms with van der Waals surface area (Å²) in [6.07, 6.45) is 6.59. The first-order valence-corrected chi connectivity index (χ1v) is 7.09. The Hall–Kier alpha value is -2.30. The first-order chi connectivity index (χ1) is 10.1. The molecule has 1 aromatic carbocycles. The number of rotatable bonds is 4. The maximum absolute atomic E-state index is 12.0. The van der Waals surface area contributed by atoms with Gasteiger partial charge < -0.3 is 4.90 Å². The van der Waals surface area contributed by atoms with Crippen molar-refractivity contribution in [2.24, 2.45) is 5.92 Å². The summed E-state index contributed by atoms with van der Waals surface area (Å²) in [6.45, 7) is 0. The standard InChI is InChI=1S/C16H21N3O2/c1-19(2)14-9-5-8-13(11-14)16(21)18-17-15(20)10-12-6-3-4-7-12/h3,5-6,8-9,11-12H,4,7,10H2,1-2H3,(H,17,20)(H,18,21)/t12-/m0/s1. The number of nitrogens with one attached hydrogen (secondary N) is 2. The number of anilines is 1. The second-order valence-electron chi connectivity index (χ2n) is 5.42. The van der Waals surface area contributed by atoms with Gasteiger partial charge in [0.1, 0.15) is 0 Å². The first-order valence-electron chi connectivity index (χ1n) is 7.09. The van der Waals surface area contributed by atoms with Gasteiger partial charge >= 0.3 is 0 Å². The van der Waals surface area contributed by atoms with E-state index in [1.54, 1.807) is 12.1 Å². The van der Waals surface area contributed by atoms with Crippen LogP contribution in [-0.4, -0.2) is 25.9 Å². The van der Waals surface area contributed by atoms with Crippen LogP contribution in [0.2, 0.25) is 0 Å². The third kappa shape index (κ3) is 4.34. The Morgan fingerprint density at radius 1 is 1.29 bits per heavy atom. The van der Waals surface area contributed by atoms with Gasteiger partial charge in [0, 0.05) is 31.8 Å². The van der Waals surface area contributed by atoms with Gasteiger partial charge in [-0.15, -0.1) is 0 Å². The monoisotopic (exact) mass is 287 g/mol. The molecule has 2 amide bonds. The molecular weight excluding hydrogens is 266 g/mol. The Morgan fingerprint density at radius 3 is 2.76 bits per heavy atom. The van der Waals surface area contributed by atoms with Crippen molar-refractivity contribution in [1.29, 1.82) is 0 Å². The molecule has 1 aliphatic rings. The van der Waals surface area contributed by atoms with Gasteiger partial charge in [-0.1, -0.05) is 18.2 Å². The van der Waals surface area contributed by atoms with Crippen molar-refractivity contribution >= 4 is 17.5 Å². The van der Waals surface area contributed by atoms with E-state index in [9.17, 15) is 9.59 Å². The van der Waals surface area contributed by atoms with Crippen LogP contribution in [-0.2, 0) is 4.79 Å². The first kappa shape index (κ1) is 15.1. The number of benzene rings is 1. The summed E-state index contributed by atoms with van der Waals surface area (Å²) < 4.78 is 0. The average Bonchev–Trinajstić information content (AvgIpc) is 2.97. The average molecular weight is 287 g/mol. The van der Waals surface area contributed by atoms with Gasteiger partial charge in [-0.2, -0.15) is 0 Å². The maximum Gasteiger partial charge on any atom is 0.269 e. The predicted molar refractivity (Wildman–Crippen MR) is 82.9 cm³/mol. The highest BCUT2D eigenvalue weighted by Gasteiger charge is 2.14. The number of amides is 2. The molecule has 0 radical (unpaired) electrons. The zero-order valence-corrected chi connectivity index (χ0v) is 12.4. The van der Waals surface area contributed by atoms with Crippen LogP contribution in [0.3, 0.4) is 0 Å². The van der Waals surface area contributed by atoms with Crippen LogP contribution < -0.4 is 15.8 Å². The van der Waals surface area contributed by atoms with Crippen molar-refractivity contribution in [3.8, 4) is 0 Å². The topological polar surface area (TPSA) is 61.4 Å². The highest BCUT2D eigenvalue weighted by molar-refractivity contribution is 5.96. The van der Waals surface area contributed by atoms with E-state index in [0.717, 1.165) is 18.5 Å². The Kier molecular flexibility index (Phi) is 4.98. The van der Waals surface area contributed by atoms with Gasteiger partial charge in [-0.3, -0.25) is 20.4 Å². The van der Waals surface area contributed by atoms with Crippen molar-refractivity contribution in [1.82, 2.24) is 10.9 Å². The van der Waals surface area contributed by atoms with E-state index in [1.165, 1.54) is 0 Å². The van der Waals surface area contributed by atoms with Crippen LogP contribution in [0.25, 0.3) is 0 Å². The molecule has 5 nitrogen and oxygen atoms in total. The predicted octanol–water partition coefficient (Wildman–Crippen LogP) is 1.87. The van der Waals surface area contributed by atoms with Crippen molar-refractivity contribution in [2.45, 2.75) is 19.3 Å². The van der Waals surface area contributed by atoms with Crippen LogP contribution in [0.15, 0.2) is 36.4 Å². The summed E-state index contributed by atoms with van der Waals surface area (Å²) in [5.41, 5.74) is 6.38. The second kappa shape index (κ2) is 6.92. The molecule has 5 heteroatoms. The zero-order valence-electron chi connectivity index (χ0n) is 12.4. The van der Waals surface area contributed by atoms with Crippen molar-refractivity contribution in [3.05, 3.63) is 42.0 Å². The van der Waals surface area contributed by atoms with Gasteiger partial charge in [0.25, 0.3) is 5.91 Å². The normalized spacial score (nSPS) is 16.6. The molecule has 2 N–H and O–H groups in total. The lowest BCUT2D eigenvalue weighted by Gasteiger charge is -2.14. The molecule has 0 bridgehead atoms. The molecule has 0 saturated heterocycles. The SMILES string of the molecule is CN(C)c1cccc(C(=O)NNC(=O)C[C@H]2C=CCC2)c1. The molecule has 0 spiro atoms. The molecule has 0 saturated carbocycles. The van der Waals surface area contributed by atoms with E-state index >= 15 is 0 Å². The zero-order chi connectivity index (χ0) is 15.2. The summed E-state index contributed by atoms with van der Waals surface area (Å²) in [5.74, 6) is -0.184. The Balaban J connectivity index is 1.85. The molecule has 0 fully saturated rings. The molecule has 2 rings (SSSR count). The van der Waals surface area contributed by atoms with E-state index in [4.69, 9.17) is 0 Å². The van der Waals surface area contributed by atoms with E-state index < -0.39 is 0 Å². The van der Waals surface area contributed by atoms with Crippen LogP contribution in [0.1, 0.15) is 29.6 Å². The summed E-state index contributed by atoms with van der Waals surface area (Å²) in [6, 6.07) is 7.23. The number of hydrogen-bond acceptors (Lipinski definition) is 3. The van der Waals surface area contributed by atoms with Crippen molar-refractivity contribution < 1.29 is 9.59 Å². The van der Waals surface area contributed by atoms with E-state index in [-0.39, 0.29) is 11.8 Å². The van der Waals surface area contributed by atoms with Crippen LogP contribution in [0, 0.1) is 5.92 Å².